The van der Waals surface area contributed by atoms with Crippen LogP contribution in [0.3, 0.4) is 0 Å². The summed E-state index contributed by atoms with van der Waals surface area (Å²) in [6, 6.07) is 10.9. The van der Waals surface area contributed by atoms with Gasteiger partial charge in [-0.25, -0.2) is 4.39 Å². The molecule has 42 heavy (non-hydrogen) atoms. The molecule has 0 aliphatic rings. The van der Waals surface area contributed by atoms with Crippen LogP contribution < -0.4 is 14.8 Å². The third-order valence-corrected chi connectivity index (χ3v) is 8.86. The van der Waals surface area contributed by atoms with Crippen molar-refractivity contribution in [2.45, 2.75) is 36.9 Å². The lowest BCUT2D eigenvalue weighted by Crippen LogP contribution is -2.49. The number of rotatable bonds is 12. The molecule has 1 amide bonds. The number of amides is 1. The van der Waals surface area contributed by atoms with Crippen LogP contribution in [-0.2, 0) is 0 Å². The summed E-state index contributed by atoms with van der Waals surface area (Å²) in [7, 11) is 0. The number of nitriles is 2. The summed E-state index contributed by atoms with van der Waals surface area (Å²) in [5.74, 6) is -2.06. The van der Waals surface area contributed by atoms with Crippen molar-refractivity contribution in [1.82, 2.24) is 5.32 Å². The number of carbonyl (C=O) groups is 1. The first-order chi connectivity index (χ1) is 20.1. The quantitative estimate of drug-likeness (QED) is 0.184. The van der Waals surface area contributed by atoms with E-state index in [-0.39, 0.29) is 27.8 Å². The Morgan fingerprint density at radius 3 is 1.93 bits per heavy atom. The second-order valence-electron chi connectivity index (χ2n) is 8.04. The Morgan fingerprint density at radius 2 is 1.43 bits per heavy atom. The highest BCUT2D eigenvalue weighted by molar-refractivity contribution is 8.00. The second kappa shape index (κ2) is 15.2. The molecule has 0 aliphatic heterocycles. The highest BCUT2D eigenvalue weighted by Crippen LogP contribution is 2.52. The summed E-state index contributed by atoms with van der Waals surface area (Å²) in [6.45, 7) is 0.518. The maximum Gasteiger partial charge on any atom is 0.255 e. The van der Waals surface area contributed by atoms with Crippen LogP contribution in [-0.4, -0.2) is 18.1 Å². The summed E-state index contributed by atoms with van der Waals surface area (Å²) < 4.78 is 93.5. The van der Waals surface area contributed by atoms with Crippen LogP contribution in [0.2, 0.25) is 5.02 Å². The number of nitrogens with zero attached hydrogens (tertiary/aromatic N) is 2. The molecule has 0 spiro atoms. The van der Waals surface area contributed by atoms with Gasteiger partial charge in [0.05, 0.1) is 114 Å². The van der Waals surface area contributed by atoms with E-state index in [1.807, 2.05) is 6.07 Å². The number of hydrogen-bond donors (Lipinski definition) is 1. The van der Waals surface area contributed by atoms with E-state index in [1.165, 1.54) is 31.2 Å². The topological polar surface area (TPSA) is 95.1 Å². The predicted molar refractivity (Wildman–Crippen MR) is 151 cm³/mol. The van der Waals surface area contributed by atoms with Gasteiger partial charge in [-0.2, -0.15) is 30.0 Å². The molecular weight excluding hydrogens is 688 g/mol. The van der Waals surface area contributed by atoms with E-state index in [2.05, 4.69) is 5.32 Å². The minimum atomic E-state index is -1.96. The van der Waals surface area contributed by atoms with Gasteiger partial charge in [0.1, 0.15) is 18.2 Å². The summed E-state index contributed by atoms with van der Waals surface area (Å²) in [5.41, 5.74) is -2.73. The molecule has 0 radical (unpaired) electrons. The molecule has 0 unspecified atom stereocenters. The molecule has 0 aromatic heterocycles. The minimum Gasteiger partial charge on any atom is -0.486 e. The number of nitrogens with one attached hydrogen (secondary N) is 1. The summed E-state index contributed by atoms with van der Waals surface area (Å²) in [6.07, 6.45) is 0. The van der Waals surface area contributed by atoms with Crippen molar-refractivity contribution < 1.29 is 38.1 Å². The molecule has 0 bridgehead atoms. The number of carbonyl (C=O) groups excluding carboxylic acids is 1. The lowest BCUT2D eigenvalue weighted by Gasteiger charge is -2.25. The van der Waals surface area contributed by atoms with E-state index in [1.54, 1.807) is 6.07 Å². The number of hydrogen-bond acceptors (Lipinski definition) is 10. The van der Waals surface area contributed by atoms with Gasteiger partial charge in [-0.05, 0) is 37.3 Å². The summed E-state index contributed by atoms with van der Waals surface area (Å²) in [5, 5.41) is 21.3. The first-order valence-corrected chi connectivity index (χ1v) is 14.8. The van der Waals surface area contributed by atoms with Gasteiger partial charge in [0.2, 0.25) is 0 Å². The monoisotopic (exact) mass is 699 g/mol. The van der Waals surface area contributed by atoms with E-state index >= 15 is 0 Å². The van der Waals surface area contributed by atoms with Crippen molar-refractivity contribution in [3.8, 4) is 29.4 Å². The van der Waals surface area contributed by atoms with Crippen LogP contribution in [0, 0.1) is 28.5 Å². The largest absolute Gasteiger partial charge is 0.486 e. The van der Waals surface area contributed by atoms with Gasteiger partial charge in [0.15, 0.2) is 17.0 Å². The van der Waals surface area contributed by atoms with Crippen LogP contribution in [0.25, 0.3) is 0 Å². The Kier molecular flexibility index (Phi) is 12.2. The van der Waals surface area contributed by atoms with Gasteiger partial charge in [-0.15, -0.1) is 0 Å². The Bertz CT molecular complexity index is 1560. The Hall–Kier alpha value is -2.67. The molecule has 0 heterocycles. The van der Waals surface area contributed by atoms with Crippen LogP contribution in [0.4, 0.5) is 23.8 Å². The molecule has 18 heteroatoms. The minimum absolute atomic E-state index is 0.0186. The van der Waals surface area contributed by atoms with Crippen LogP contribution in [0.1, 0.15) is 22.8 Å². The molecule has 1 atom stereocenters. The fourth-order valence-electron chi connectivity index (χ4n) is 3.29. The Morgan fingerprint density at radius 1 is 0.881 bits per heavy atom. The molecule has 0 saturated carbocycles. The standard InChI is InChI=1S/C24H12ClF6N3O3S5/c1-24(9-33,34-23(35)17-18(38-27)20(40-29)22(42-31)21(41-30)19(17)39-28)10-36-16-6-11(8-32)2-4-15(16)37-14-5-3-12(26)7-13(14)25/h2-7H,10H2,1H3,(H,34,35)/t24-/m1/s1. The van der Waals surface area contributed by atoms with E-state index in [0.717, 1.165) is 12.1 Å². The first-order valence-electron chi connectivity index (χ1n) is 10.8. The van der Waals surface area contributed by atoms with E-state index in [4.69, 9.17) is 21.1 Å². The Balaban J connectivity index is 1.97. The molecule has 3 aromatic rings. The maximum atomic E-state index is 13.9. The van der Waals surface area contributed by atoms with Gasteiger partial charge in [0.25, 0.3) is 5.91 Å². The van der Waals surface area contributed by atoms with E-state index in [0.29, 0.717) is 0 Å². The van der Waals surface area contributed by atoms with E-state index in [9.17, 15) is 39.1 Å². The number of halogens is 7. The van der Waals surface area contributed by atoms with Crippen molar-refractivity contribution >= 4 is 78.2 Å². The lowest BCUT2D eigenvalue weighted by atomic mass is 10.0. The summed E-state index contributed by atoms with van der Waals surface area (Å²) in [4.78, 5) is 9.18. The van der Waals surface area contributed by atoms with Crippen molar-refractivity contribution in [3.63, 3.8) is 0 Å². The molecule has 0 saturated heterocycles. The van der Waals surface area contributed by atoms with Crippen LogP contribution in [0.15, 0.2) is 60.9 Å². The average Bonchev–Trinajstić information content (AvgIpc) is 2.99. The van der Waals surface area contributed by atoms with Gasteiger partial charge in [-0.1, -0.05) is 11.6 Å². The second-order valence-corrected chi connectivity index (χ2v) is 11.3. The SMILES string of the molecule is C[C@@](C#N)(COc1cc(C#N)ccc1Oc1ccc(F)cc1Cl)NC(=O)c1c(SF)c(SF)c(SF)c(SF)c1SF. The van der Waals surface area contributed by atoms with Gasteiger partial charge < -0.3 is 14.8 Å². The van der Waals surface area contributed by atoms with E-state index < -0.39 is 115 Å². The van der Waals surface area contributed by atoms with Gasteiger partial charge >= 0.3 is 0 Å². The zero-order valence-corrected chi connectivity index (χ0v) is 25.3. The van der Waals surface area contributed by atoms with Crippen molar-refractivity contribution in [2.24, 2.45) is 0 Å². The molecule has 220 valence electrons. The third kappa shape index (κ3) is 7.45. The highest BCUT2D eigenvalue weighted by atomic mass is 35.5. The zero-order chi connectivity index (χ0) is 31.0. The van der Waals surface area contributed by atoms with Crippen molar-refractivity contribution in [2.75, 3.05) is 6.61 Å². The molecule has 1 N–H and O–H groups in total. The molecule has 0 fully saturated rings. The molecule has 3 rings (SSSR count). The van der Waals surface area contributed by atoms with Gasteiger partial charge in [-0.3, -0.25) is 4.79 Å². The maximum absolute atomic E-state index is 13.9. The molecule has 6 nitrogen and oxygen atoms in total. The molecule has 3 aromatic carbocycles. The van der Waals surface area contributed by atoms with Gasteiger partial charge in [0, 0.05) is 6.07 Å². The third-order valence-electron chi connectivity index (χ3n) is 5.23. The Labute approximate surface area is 262 Å². The molecule has 0 aliphatic carbocycles. The highest BCUT2D eigenvalue weighted by Gasteiger charge is 2.35. The van der Waals surface area contributed by atoms with Crippen molar-refractivity contribution in [1.29, 1.82) is 10.5 Å². The number of ether oxygens (including phenoxy) is 2. The van der Waals surface area contributed by atoms with Crippen LogP contribution in [0.5, 0.6) is 17.2 Å². The fraction of sp³-hybridized carbons (Fsp3) is 0.125. The van der Waals surface area contributed by atoms with Crippen LogP contribution >= 0.6 is 72.3 Å². The predicted octanol–water partition coefficient (Wildman–Crippen LogP) is 10.1. The first kappa shape index (κ1) is 33.8. The lowest BCUT2D eigenvalue weighted by molar-refractivity contribution is 0.0892. The zero-order valence-electron chi connectivity index (χ0n) is 20.5. The normalized spacial score (nSPS) is 12.1. The molecular formula is C24H12ClF6N3O3S5. The summed E-state index contributed by atoms with van der Waals surface area (Å²) >= 11 is 2.57. The smallest absolute Gasteiger partial charge is 0.255 e. The number of benzene rings is 3. The average molecular weight is 700 g/mol. The van der Waals surface area contributed by atoms with Crippen molar-refractivity contribution in [3.05, 3.63) is 58.4 Å². The fourth-order valence-corrected chi connectivity index (χ4v) is 6.43.